The van der Waals surface area contributed by atoms with Gasteiger partial charge in [-0.25, -0.2) is 9.78 Å². The van der Waals surface area contributed by atoms with Gasteiger partial charge in [-0.05, 0) is 30.3 Å². The van der Waals surface area contributed by atoms with Crippen LogP contribution in [-0.2, 0) is 14.3 Å². The van der Waals surface area contributed by atoms with Crippen molar-refractivity contribution in [3.8, 4) is 0 Å². The van der Waals surface area contributed by atoms with E-state index >= 15 is 0 Å². The molecule has 8 nitrogen and oxygen atoms in total. The van der Waals surface area contributed by atoms with Crippen molar-refractivity contribution in [1.82, 2.24) is 4.98 Å². The summed E-state index contributed by atoms with van der Waals surface area (Å²) in [6.45, 7) is 0. The Morgan fingerprint density at radius 3 is 2.51 bits per heavy atom. The van der Waals surface area contributed by atoms with E-state index in [9.17, 15) is 19.7 Å². The molecule has 1 heterocycles. The SMILES string of the molecule is O=C(/C=C/c1ccc2ccccc2n1)OC(C(=O)Nc1ccc(Cl)c([N+](=O)[O-])c1)c1ccccc1. The second kappa shape index (κ2) is 10.6. The molecule has 3 aromatic carbocycles. The van der Waals surface area contributed by atoms with Crippen LogP contribution in [0.25, 0.3) is 17.0 Å². The largest absolute Gasteiger partial charge is 0.444 e. The molecular weight excluding hydrogens is 470 g/mol. The molecule has 0 saturated carbocycles. The highest BCUT2D eigenvalue weighted by Crippen LogP contribution is 2.28. The molecule has 0 aliphatic rings. The number of pyridine rings is 1. The van der Waals surface area contributed by atoms with Crippen molar-refractivity contribution in [2.45, 2.75) is 6.10 Å². The first-order chi connectivity index (χ1) is 16.9. The summed E-state index contributed by atoms with van der Waals surface area (Å²) in [6.07, 6.45) is 1.39. The van der Waals surface area contributed by atoms with Crippen LogP contribution in [0.4, 0.5) is 11.4 Å². The zero-order valence-electron chi connectivity index (χ0n) is 18.1. The number of fused-ring (bicyclic) bond motifs is 1. The van der Waals surface area contributed by atoms with Crippen molar-refractivity contribution >= 4 is 51.8 Å². The Labute approximate surface area is 205 Å². The van der Waals surface area contributed by atoms with E-state index in [1.807, 2.05) is 30.3 Å². The number of rotatable bonds is 7. The maximum absolute atomic E-state index is 13.0. The molecule has 4 aromatic rings. The molecule has 1 aromatic heterocycles. The van der Waals surface area contributed by atoms with Crippen LogP contribution in [0, 0.1) is 10.1 Å². The van der Waals surface area contributed by atoms with Gasteiger partial charge in [0.25, 0.3) is 11.6 Å². The molecule has 0 bridgehead atoms. The van der Waals surface area contributed by atoms with Gasteiger partial charge in [0, 0.05) is 28.8 Å². The number of halogens is 1. The summed E-state index contributed by atoms with van der Waals surface area (Å²) in [5.74, 6) is -1.44. The minimum atomic E-state index is -1.30. The summed E-state index contributed by atoms with van der Waals surface area (Å²) in [4.78, 5) is 40.6. The Morgan fingerprint density at radius 2 is 1.74 bits per heavy atom. The smallest absolute Gasteiger partial charge is 0.331 e. The van der Waals surface area contributed by atoms with Gasteiger partial charge < -0.3 is 10.1 Å². The molecule has 0 saturated heterocycles. The first-order valence-electron chi connectivity index (χ1n) is 10.4. The van der Waals surface area contributed by atoms with Gasteiger partial charge in [-0.2, -0.15) is 0 Å². The molecule has 9 heteroatoms. The maximum atomic E-state index is 13.0. The van der Waals surface area contributed by atoms with Crippen LogP contribution < -0.4 is 5.32 Å². The number of carbonyl (C=O) groups is 2. The Hall–Kier alpha value is -4.56. The van der Waals surface area contributed by atoms with E-state index in [2.05, 4.69) is 10.3 Å². The number of nitrogens with one attached hydrogen (secondary N) is 1. The van der Waals surface area contributed by atoms with E-state index in [-0.39, 0.29) is 16.4 Å². The number of hydrogen-bond donors (Lipinski definition) is 1. The third kappa shape index (κ3) is 5.87. The molecule has 0 aliphatic heterocycles. The van der Waals surface area contributed by atoms with Crippen molar-refractivity contribution in [3.63, 3.8) is 0 Å². The summed E-state index contributed by atoms with van der Waals surface area (Å²) in [6, 6.07) is 23.5. The van der Waals surface area contributed by atoms with Crippen molar-refractivity contribution in [2.24, 2.45) is 0 Å². The molecular formula is C26H18ClN3O5. The van der Waals surface area contributed by atoms with Crippen molar-refractivity contribution in [3.05, 3.63) is 117 Å². The van der Waals surface area contributed by atoms with Gasteiger partial charge in [0.1, 0.15) is 5.02 Å². The minimum absolute atomic E-state index is 0.0635. The van der Waals surface area contributed by atoms with Gasteiger partial charge in [0.05, 0.1) is 16.1 Å². The van der Waals surface area contributed by atoms with Gasteiger partial charge in [0.2, 0.25) is 6.10 Å². The molecule has 1 unspecified atom stereocenters. The third-order valence-corrected chi connectivity index (χ3v) is 5.31. The normalized spacial score (nSPS) is 11.8. The first kappa shape index (κ1) is 23.6. The number of carbonyl (C=O) groups excluding carboxylic acids is 2. The van der Waals surface area contributed by atoms with Gasteiger partial charge in [0.15, 0.2) is 0 Å². The van der Waals surface area contributed by atoms with Crippen LogP contribution in [-0.4, -0.2) is 21.8 Å². The molecule has 1 amide bonds. The van der Waals surface area contributed by atoms with E-state index in [0.29, 0.717) is 11.3 Å². The second-order valence-electron chi connectivity index (χ2n) is 7.40. The van der Waals surface area contributed by atoms with Crippen LogP contribution in [0.2, 0.25) is 5.02 Å². The standard InChI is InChI=1S/C26H18ClN3O5/c27-21-14-12-20(16-23(21)30(33)34)29-26(32)25(18-7-2-1-3-8-18)35-24(31)15-13-19-11-10-17-6-4-5-9-22(17)28-19/h1-16,25H,(H,29,32)/b15-13+. The van der Waals surface area contributed by atoms with Crippen LogP contribution in [0.3, 0.4) is 0 Å². The van der Waals surface area contributed by atoms with Crippen molar-refractivity contribution in [2.75, 3.05) is 5.32 Å². The first-order valence-corrected chi connectivity index (χ1v) is 10.8. The maximum Gasteiger partial charge on any atom is 0.331 e. The Bertz CT molecular complexity index is 1440. The number of esters is 1. The predicted molar refractivity (Wildman–Crippen MR) is 133 cm³/mol. The predicted octanol–water partition coefficient (Wildman–Crippen LogP) is 5.73. The number of nitro groups is 1. The Kier molecular flexibility index (Phi) is 7.13. The summed E-state index contributed by atoms with van der Waals surface area (Å²) in [7, 11) is 0. The quantitative estimate of drug-likeness (QED) is 0.154. The number of amides is 1. The van der Waals surface area contributed by atoms with E-state index in [0.717, 1.165) is 17.0 Å². The van der Waals surface area contributed by atoms with Gasteiger partial charge in [-0.1, -0.05) is 66.2 Å². The lowest BCUT2D eigenvalue weighted by atomic mass is 10.1. The Morgan fingerprint density at radius 1 is 1.00 bits per heavy atom. The van der Waals surface area contributed by atoms with Crippen LogP contribution >= 0.6 is 11.6 Å². The number of aromatic nitrogens is 1. The van der Waals surface area contributed by atoms with Crippen LogP contribution in [0.15, 0.2) is 91.0 Å². The van der Waals surface area contributed by atoms with E-state index < -0.39 is 22.9 Å². The van der Waals surface area contributed by atoms with Gasteiger partial charge in [-0.15, -0.1) is 0 Å². The second-order valence-corrected chi connectivity index (χ2v) is 7.81. The van der Waals surface area contributed by atoms with E-state index in [1.54, 1.807) is 36.4 Å². The topological polar surface area (TPSA) is 111 Å². The molecule has 0 fully saturated rings. The molecule has 174 valence electrons. The monoisotopic (exact) mass is 487 g/mol. The van der Waals surface area contributed by atoms with Crippen LogP contribution in [0.1, 0.15) is 17.4 Å². The Balaban J connectivity index is 1.53. The van der Waals surface area contributed by atoms with E-state index in [1.165, 1.54) is 24.3 Å². The fraction of sp³-hybridized carbons (Fsp3) is 0.0385. The highest BCUT2D eigenvalue weighted by molar-refractivity contribution is 6.32. The van der Waals surface area contributed by atoms with Gasteiger partial charge in [-0.3, -0.25) is 14.9 Å². The lowest BCUT2D eigenvalue weighted by Crippen LogP contribution is -2.25. The number of para-hydroxylation sites is 1. The number of ether oxygens (including phenoxy) is 1. The number of hydrogen-bond acceptors (Lipinski definition) is 6. The summed E-state index contributed by atoms with van der Waals surface area (Å²) in [5, 5.41) is 14.6. The minimum Gasteiger partial charge on any atom is -0.444 e. The molecule has 1 N–H and O–H groups in total. The highest BCUT2D eigenvalue weighted by atomic mass is 35.5. The number of benzene rings is 3. The average molecular weight is 488 g/mol. The molecule has 4 rings (SSSR count). The number of anilines is 1. The summed E-state index contributed by atoms with van der Waals surface area (Å²) >= 11 is 5.84. The molecule has 0 radical (unpaired) electrons. The zero-order chi connectivity index (χ0) is 24.8. The molecule has 1 atom stereocenters. The lowest BCUT2D eigenvalue weighted by Gasteiger charge is -2.17. The molecule has 0 spiro atoms. The van der Waals surface area contributed by atoms with Crippen LogP contribution in [0.5, 0.6) is 0 Å². The third-order valence-electron chi connectivity index (χ3n) is 4.99. The summed E-state index contributed by atoms with van der Waals surface area (Å²) < 4.78 is 5.46. The van der Waals surface area contributed by atoms with Gasteiger partial charge >= 0.3 is 5.97 Å². The number of nitrogens with zero attached hydrogens (tertiary/aromatic N) is 2. The van der Waals surface area contributed by atoms with Crippen molar-refractivity contribution in [1.29, 1.82) is 0 Å². The number of nitro benzene ring substituents is 1. The zero-order valence-corrected chi connectivity index (χ0v) is 18.9. The highest BCUT2D eigenvalue weighted by Gasteiger charge is 2.25. The fourth-order valence-corrected chi connectivity index (χ4v) is 3.51. The summed E-state index contributed by atoms with van der Waals surface area (Å²) in [5.41, 5.74) is 1.54. The van der Waals surface area contributed by atoms with E-state index in [4.69, 9.17) is 16.3 Å². The molecule has 35 heavy (non-hydrogen) atoms. The lowest BCUT2D eigenvalue weighted by molar-refractivity contribution is -0.384. The molecule has 0 aliphatic carbocycles. The fourth-order valence-electron chi connectivity index (χ4n) is 3.32. The van der Waals surface area contributed by atoms with Crippen molar-refractivity contribution < 1.29 is 19.2 Å². The average Bonchev–Trinajstić information content (AvgIpc) is 2.87.